The molecule has 1 amide bonds. The van der Waals surface area contributed by atoms with Crippen molar-refractivity contribution in [1.82, 2.24) is 34.1 Å². The number of rotatable bonds is 5. The second kappa shape index (κ2) is 6.73. The Kier molecular flexibility index (Phi) is 4.33. The zero-order chi connectivity index (χ0) is 20.9. The van der Waals surface area contributed by atoms with Gasteiger partial charge in [-0.3, -0.25) is 14.2 Å². The molecule has 10 heteroatoms. The zero-order valence-electron chi connectivity index (χ0n) is 16.7. The molecule has 0 saturated heterocycles. The van der Waals surface area contributed by atoms with Gasteiger partial charge in [-0.1, -0.05) is 0 Å². The SMILES string of the molecule is CCn1cc(-c2c(O)c(C)nn2CC)nc1-c1nc(C(N)=O)cc2c1cnn2C. The van der Waals surface area contributed by atoms with Gasteiger partial charge in [0, 0.05) is 31.7 Å². The average Bonchev–Trinajstić information content (AvgIpc) is 3.37. The molecule has 0 unspecified atom stereocenters. The average molecular weight is 394 g/mol. The van der Waals surface area contributed by atoms with Crippen molar-refractivity contribution in [2.24, 2.45) is 12.8 Å². The van der Waals surface area contributed by atoms with E-state index in [1.807, 2.05) is 24.6 Å². The van der Waals surface area contributed by atoms with Crippen molar-refractivity contribution in [3.63, 3.8) is 0 Å². The van der Waals surface area contributed by atoms with Crippen LogP contribution in [0.1, 0.15) is 30.0 Å². The molecule has 0 aliphatic carbocycles. The van der Waals surface area contributed by atoms with Gasteiger partial charge in [0.1, 0.15) is 28.5 Å². The van der Waals surface area contributed by atoms with E-state index < -0.39 is 5.91 Å². The highest BCUT2D eigenvalue weighted by molar-refractivity contribution is 5.99. The van der Waals surface area contributed by atoms with Crippen LogP contribution in [0.25, 0.3) is 33.8 Å². The molecule has 3 N–H and O–H groups in total. The molecule has 4 aromatic rings. The van der Waals surface area contributed by atoms with Gasteiger partial charge in [0.15, 0.2) is 11.6 Å². The van der Waals surface area contributed by atoms with E-state index in [2.05, 4.69) is 15.2 Å². The Morgan fingerprint density at radius 1 is 1.24 bits per heavy atom. The Hall–Kier alpha value is -3.69. The highest BCUT2D eigenvalue weighted by atomic mass is 16.3. The van der Waals surface area contributed by atoms with E-state index in [1.165, 1.54) is 0 Å². The first-order valence-corrected chi connectivity index (χ1v) is 9.32. The van der Waals surface area contributed by atoms with Crippen molar-refractivity contribution in [2.75, 3.05) is 0 Å². The molecule has 10 nitrogen and oxygen atoms in total. The number of carbonyl (C=O) groups excluding carboxylic acids is 1. The van der Waals surface area contributed by atoms with Crippen LogP contribution in [0.5, 0.6) is 5.75 Å². The summed E-state index contributed by atoms with van der Waals surface area (Å²) in [7, 11) is 1.79. The summed E-state index contributed by atoms with van der Waals surface area (Å²) < 4.78 is 5.29. The monoisotopic (exact) mass is 394 g/mol. The summed E-state index contributed by atoms with van der Waals surface area (Å²) in [6, 6.07) is 1.62. The maximum Gasteiger partial charge on any atom is 0.267 e. The molecule has 0 spiro atoms. The van der Waals surface area contributed by atoms with Crippen LogP contribution >= 0.6 is 0 Å². The largest absolute Gasteiger partial charge is 0.504 e. The van der Waals surface area contributed by atoms with Gasteiger partial charge in [-0.2, -0.15) is 10.2 Å². The van der Waals surface area contributed by atoms with Crippen LogP contribution < -0.4 is 5.73 Å². The second-order valence-corrected chi connectivity index (χ2v) is 6.76. The number of pyridine rings is 1. The molecular weight excluding hydrogens is 372 g/mol. The molecule has 0 saturated carbocycles. The van der Waals surface area contributed by atoms with Crippen LogP contribution in [0.15, 0.2) is 18.5 Å². The summed E-state index contributed by atoms with van der Waals surface area (Å²) in [5.41, 5.74) is 8.54. The van der Waals surface area contributed by atoms with Crippen molar-refractivity contribution in [3.05, 3.63) is 29.8 Å². The van der Waals surface area contributed by atoms with Crippen LogP contribution in [-0.2, 0) is 20.1 Å². The molecule has 0 aliphatic rings. The van der Waals surface area contributed by atoms with Crippen molar-refractivity contribution in [3.8, 4) is 28.7 Å². The highest BCUT2D eigenvalue weighted by Crippen LogP contribution is 2.34. The number of nitrogens with zero attached hydrogens (tertiary/aromatic N) is 7. The van der Waals surface area contributed by atoms with E-state index in [0.717, 1.165) is 10.9 Å². The van der Waals surface area contributed by atoms with Crippen molar-refractivity contribution >= 4 is 16.8 Å². The molecule has 0 bridgehead atoms. The summed E-state index contributed by atoms with van der Waals surface area (Å²) in [5, 5.41) is 19.9. The Bertz CT molecular complexity index is 1250. The van der Waals surface area contributed by atoms with Gasteiger partial charge < -0.3 is 15.4 Å². The zero-order valence-corrected chi connectivity index (χ0v) is 16.7. The normalized spacial score (nSPS) is 11.4. The number of hydrogen-bond acceptors (Lipinski definition) is 6. The summed E-state index contributed by atoms with van der Waals surface area (Å²) in [5.74, 6) is 0.0375. The topological polar surface area (TPSA) is 130 Å². The summed E-state index contributed by atoms with van der Waals surface area (Å²) in [6.07, 6.45) is 3.53. The van der Waals surface area contributed by atoms with E-state index in [-0.39, 0.29) is 11.4 Å². The fourth-order valence-electron chi connectivity index (χ4n) is 3.45. The fraction of sp³-hybridized carbons (Fsp3) is 0.316. The Labute approximate surface area is 166 Å². The number of aromatic nitrogens is 7. The molecule has 0 aliphatic heterocycles. The van der Waals surface area contributed by atoms with Gasteiger partial charge in [-0.05, 0) is 26.8 Å². The fourth-order valence-corrected chi connectivity index (χ4v) is 3.45. The van der Waals surface area contributed by atoms with E-state index in [9.17, 15) is 9.90 Å². The van der Waals surface area contributed by atoms with E-state index >= 15 is 0 Å². The Morgan fingerprint density at radius 3 is 2.66 bits per heavy atom. The van der Waals surface area contributed by atoms with Gasteiger partial charge in [0.25, 0.3) is 5.91 Å². The minimum atomic E-state index is -0.624. The number of carbonyl (C=O) groups is 1. The lowest BCUT2D eigenvalue weighted by molar-refractivity contribution is 0.0996. The molecule has 0 fully saturated rings. The number of primary amides is 1. The molecule has 29 heavy (non-hydrogen) atoms. The lowest BCUT2D eigenvalue weighted by Gasteiger charge is -2.07. The van der Waals surface area contributed by atoms with Crippen molar-refractivity contribution in [1.29, 1.82) is 0 Å². The first-order valence-electron chi connectivity index (χ1n) is 9.32. The Balaban J connectivity index is 1.99. The van der Waals surface area contributed by atoms with E-state index in [0.29, 0.717) is 41.7 Å². The number of aromatic hydroxyl groups is 1. The summed E-state index contributed by atoms with van der Waals surface area (Å²) in [6.45, 7) is 6.89. The van der Waals surface area contributed by atoms with Crippen LogP contribution in [0, 0.1) is 6.92 Å². The predicted molar refractivity (Wildman–Crippen MR) is 107 cm³/mol. The number of hydrogen-bond donors (Lipinski definition) is 2. The maximum atomic E-state index is 11.8. The predicted octanol–water partition coefficient (Wildman–Crippen LogP) is 1.85. The molecule has 4 heterocycles. The van der Waals surface area contributed by atoms with E-state index in [1.54, 1.807) is 35.6 Å². The number of fused-ring (bicyclic) bond motifs is 1. The Morgan fingerprint density at radius 2 is 2.00 bits per heavy atom. The number of aryl methyl sites for hydroxylation is 4. The third kappa shape index (κ3) is 2.84. The first kappa shape index (κ1) is 18.7. The molecule has 0 aromatic carbocycles. The number of nitrogens with two attached hydrogens (primary N) is 1. The first-order chi connectivity index (χ1) is 13.8. The van der Waals surface area contributed by atoms with Gasteiger partial charge >= 0.3 is 0 Å². The van der Waals surface area contributed by atoms with Crippen LogP contribution in [-0.4, -0.2) is 45.1 Å². The minimum Gasteiger partial charge on any atom is -0.504 e. The van der Waals surface area contributed by atoms with Gasteiger partial charge in [0.05, 0.1) is 11.7 Å². The number of imidazole rings is 1. The molecule has 4 aromatic heterocycles. The summed E-state index contributed by atoms with van der Waals surface area (Å²) >= 11 is 0. The van der Waals surface area contributed by atoms with Crippen LogP contribution in [0.3, 0.4) is 0 Å². The van der Waals surface area contributed by atoms with Gasteiger partial charge in [-0.15, -0.1) is 0 Å². The highest BCUT2D eigenvalue weighted by Gasteiger charge is 2.23. The quantitative estimate of drug-likeness (QED) is 0.531. The lowest BCUT2D eigenvalue weighted by atomic mass is 10.2. The van der Waals surface area contributed by atoms with Gasteiger partial charge in [-0.25, -0.2) is 9.97 Å². The number of amides is 1. The molecule has 0 radical (unpaired) electrons. The maximum absolute atomic E-state index is 11.8. The van der Waals surface area contributed by atoms with Gasteiger partial charge in [0.2, 0.25) is 0 Å². The smallest absolute Gasteiger partial charge is 0.267 e. The molecular formula is C19H22N8O2. The van der Waals surface area contributed by atoms with Crippen molar-refractivity contribution in [2.45, 2.75) is 33.9 Å². The second-order valence-electron chi connectivity index (χ2n) is 6.76. The third-order valence-corrected chi connectivity index (χ3v) is 4.96. The standard InChI is InChI=1S/C19H22N8O2/c1-5-26-9-13(16-17(28)10(3)24-27(16)6-2)23-19(26)15-11-8-21-25(4)14(11)7-12(22-15)18(20)29/h7-9,28H,5-6H2,1-4H3,(H2,20,29). The molecule has 150 valence electrons. The van der Waals surface area contributed by atoms with E-state index in [4.69, 9.17) is 10.7 Å². The minimum absolute atomic E-state index is 0.101. The van der Waals surface area contributed by atoms with Crippen molar-refractivity contribution < 1.29 is 9.90 Å². The third-order valence-electron chi connectivity index (χ3n) is 4.96. The molecule has 0 atom stereocenters. The van der Waals surface area contributed by atoms with Crippen LogP contribution in [0.2, 0.25) is 0 Å². The molecule has 4 rings (SSSR count). The van der Waals surface area contributed by atoms with Crippen LogP contribution in [0.4, 0.5) is 0 Å². The summed E-state index contributed by atoms with van der Waals surface area (Å²) in [4.78, 5) is 21.1. The lowest BCUT2D eigenvalue weighted by Crippen LogP contribution is -2.14.